The van der Waals surface area contributed by atoms with E-state index in [2.05, 4.69) is 13.8 Å². The van der Waals surface area contributed by atoms with E-state index in [0.29, 0.717) is 12.3 Å². The van der Waals surface area contributed by atoms with Gasteiger partial charge in [0.25, 0.3) is 0 Å². The lowest BCUT2D eigenvalue weighted by molar-refractivity contribution is -0.135. The van der Waals surface area contributed by atoms with Crippen LogP contribution in [-0.4, -0.2) is 34.7 Å². The smallest absolute Gasteiger partial charge is 0.247 e. The van der Waals surface area contributed by atoms with Crippen LogP contribution in [0.4, 0.5) is 0 Å². The second kappa shape index (κ2) is 5.65. The van der Waals surface area contributed by atoms with E-state index in [1.807, 2.05) is 30.3 Å². The molecule has 1 aromatic carbocycles. The Hall–Kier alpha value is -1.84. The fraction of sp³-hybridized carbons (Fsp3) is 0.500. The molecule has 1 saturated heterocycles. The standard InChI is InChI=1S/C16H22N2O2/c1-11(2)10-14-16(20)17(4)15(18(14)12(3)19)13-8-6-5-7-9-13/h5-9,11,14-15H,10H2,1-4H3. The zero-order valence-electron chi connectivity index (χ0n) is 12.5. The van der Waals surface area contributed by atoms with Crippen molar-refractivity contribution in [1.82, 2.24) is 9.80 Å². The molecule has 1 heterocycles. The van der Waals surface area contributed by atoms with Gasteiger partial charge in [-0.3, -0.25) is 9.59 Å². The van der Waals surface area contributed by atoms with Crippen molar-refractivity contribution in [2.24, 2.45) is 5.92 Å². The first-order chi connectivity index (χ1) is 9.43. The fourth-order valence-electron chi connectivity index (χ4n) is 2.89. The van der Waals surface area contributed by atoms with Crippen molar-refractivity contribution >= 4 is 11.8 Å². The van der Waals surface area contributed by atoms with Gasteiger partial charge in [-0.15, -0.1) is 0 Å². The van der Waals surface area contributed by atoms with Crippen molar-refractivity contribution in [1.29, 1.82) is 0 Å². The number of nitrogens with zero attached hydrogens (tertiary/aromatic N) is 2. The summed E-state index contributed by atoms with van der Waals surface area (Å²) in [5.41, 5.74) is 0.977. The van der Waals surface area contributed by atoms with Crippen molar-refractivity contribution in [3.63, 3.8) is 0 Å². The molecule has 2 atom stereocenters. The van der Waals surface area contributed by atoms with Crippen LogP contribution in [0.1, 0.15) is 38.9 Å². The highest BCUT2D eigenvalue weighted by Gasteiger charge is 2.46. The summed E-state index contributed by atoms with van der Waals surface area (Å²) in [6.07, 6.45) is 0.413. The van der Waals surface area contributed by atoms with Gasteiger partial charge < -0.3 is 9.80 Å². The first kappa shape index (κ1) is 14.6. The van der Waals surface area contributed by atoms with Gasteiger partial charge >= 0.3 is 0 Å². The molecule has 0 spiro atoms. The Labute approximate surface area is 120 Å². The molecule has 4 heteroatoms. The number of hydrogen-bond donors (Lipinski definition) is 0. The van der Waals surface area contributed by atoms with Crippen molar-refractivity contribution in [2.45, 2.75) is 39.4 Å². The molecule has 2 rings (SSSR count). The fourth-order valence-corrected chi connectivity index (χ4v) is 2.89. The maximum Gasteiger partial charge on any atom is 0.247 e. The van der Waals surface area contributed by atoms with E-state index in [9.17, 15) is 9.59 Å². The van der Waals surface area contributed by atoms with Gasteiger partial charge in [-0.2, -0.15) is 0 Å². The lowest BCUT2D eigenvalue weighted by Crippen LogP contribution is -2.38. The molecule has 0 N–H and O–H groups in total. The van der Waals surface area contributed by atoms with Gasteiger partial charge in [0.1, 0.15) is 12.2 Å². The SMILES string of the molecule is CC(=O)N1C(CC(C)C)C(=O)N(C)C1c1ccccc1. The van der Waals surface area contributed by atoms with Crippen LogP contribution >= 0.6 is 0 Å². The highest BCUT2D eigenvalue weighted by atomic mass is 16.2. The zero-order chi connectivity index (χ0) is 14.9. The summed E-state index contributed by atoms with van der Waals surface area (Å²) < 4.78 is 0. The normalized spacial score (nSPS) is 22.8. The first-order valence-corrected chi connectivity index (χ1v) is 7.04. The summed E-state index contributed by atoms with van der Waals surface area (Å²) in [6, 6.07) is 9.38. The molecule has 108 valence electrons. The third kappa shape index (κ3) is 2.55. The second-order valence-electron chi connectivity index (χ2n) is 5.81. The molecule has 2 amide bonds. The first-order valence-electron chi connectivity index (χ1n) is 7.04. The van der Waals surface area contributed by atoms with E-state index in [1.165, 1.54) is 6.92 Å². The molecule has 1 aliphatic rings. The third-order valence-corrected chi connectivity index (χ3v) is 3.75. The Kier molecular flexibility index (Phi) is 4.12. The predicted octanol–water partition coefficient (Wildman–Crippen LogP) is 2.42. The van der Waals surface area contributed by atoms with Gasteiger partial charge in [-0.25, -0.2) is 0 Å². The largest absolute Gasteiger partial charge is 0.319 e. The van der Waals surface area contributed by atoms with Crippen LogP contribution in [-0.2, 0) is 9.59 Å². The molecule has 0 aromatic heterocycles. The molecule has 0 aliphatic carbocycles. The molecule has 0 bridgehead atoms. The van der Waals surface area contributed by atoms with Crippen molar-refractivity contribution < 1.29 is 9.59 Å². The number of carbonyl (C=O) groups excluding carboxylic acids is 2. The summed E-state index contributed by atoms with van der Waals surface area (Å²) >= 11 is 0. The molecule has 20 heavy (non-hydrogen) atoms. The Morgan fingerprint density at radius 2 is 1.85 bits per heavy atom. The topological polar surface area (TPSA) is 40.6 Å². The molecular formula is C16H22N2O2. The van der Waals surface area contributed by atoms with Gasteiger partial charge in [0.2, 0.25) is 11.8 Å². The van der Waals surface area contributed by atoms with Crippen molar-refractivity contribution in [3.8, 4) is 0 Å². The van der Waals surface area contributed by atoms with Gasteiger partial charge in [0.15, 0.2) is 0 Å². The average molecular weight is 274 g/mol. The van der Waals surface area contributed by atoms with Crippen LogP contribution in [0.15, 0.2) is 30.3 Å². The van der Waals surface area contributed by atoms with E-state index in [4.69, 9.17) is 0 Å². The molecule has 1 fully saturated rings. The summed E-state index contributed by atoms with van der Waals surface area (Å²) in [4.78, 5) is 27.9. The predicted molar refractivity (Wildman–Crippen MR) is 77.7 cm³/mol. The maximum absolute atomic E-state index is 12.5. The van der Waals surface area contributed by atoms with Gasteiger partial charge in [0, 0.05) is 14.0 Å². The number of amides is 2. The lowest BCUT2D eigenvalue weighted by Gasteiger charge is -2.29. The third-order valence-electron chi connectivity index (χ3n) is 3.75. The van der Waals surface area contributed by atoms with Gasteiger partial charge in [-0.05, 0) is 17.9 Å². The zero-order valence-corrected chi connectivity index (χ0v) is 12.5. The molecule has 0 saturated carbocycles. The van der Waals surface area contributed by atoms with Gasteiger partial charge in [0.05, 0.1) is 0 Å². The highest BCUT2D eigenvalue weighted by molar-refractivity contribution is 5.90. The minimum absolute atomic E-state index is 0.0303. The summed E-state index contributed by atoms with van der Waals surface area (Å²) in [5.74, 6) is 0.346. The molecule has 1 aliphatic heterocycles. The molecule has 0 radical (unpaired) electrons. The number of benzene rings is 1. The lowest BCUT2D eigenvalue weighted by atomic mass is 10.0. The monoisotopic (exact) mass is 274 g/mol. The Balaban J connectivity index is 2.40. The van der Waals surface area contributed by atoms with Crippen LogP contribution < -0.4 is 0 Å². The Bertz CT molecular complexity index is 498. The average Bonchev–Trinajstić information content (AvgIpc) is 2.64. The summed E-state index contributed by atoms with van der Waals surface area (Å²) in [6.45, 7) is 5.68. The molecule has 2 unspecified atom stereocenters. The maximum atomic E-state index is 12.5. The van der Waals surface area contributed by atoms with E-state index < -0.39 is 0 Å². The van der Waals surface area contributed by atoms with Crippen LogP contribution in [0, 0.1) is 5.92 Å². The van der Waals surface area contributed by atoms with E-state index in [1.54, 1.807) is 16.8 Å². The molecule has 1 aromatic rings. The summed E-state index contributed by atoms with van der Waals surface area (Å²) in [7, 11) is 1.77. The van der Waals surface area contributed by atoms with Crippen molar-refractivity contribution in [2.75, 3.05) is 7.05 Å². The number of hydrogen-bond acceptors (Lipinski definition) is 2. The van der Waals surface area contributed by atoms with Crippen LogP contribution in [0.2, 0.25) is 0 Å². The van der Waals surface area contributed by atoms with E-state index in [0.717, 1.165) is 5.56 Å². The highest BCUT2D eigenvalue weighted by Crippen LogP contribution is 2.35. The minimum Gasteiger partial charge on any atom is -0.319 e. The minimum atomic E-state index is -0.345. The quantitative estimate of drug-likeness (QED) is 0.849. The summed E-state index contributed by atoms with van der Waals surface area (Å²) in [5, 5.41) is 0. The number of rotatable bonds is 3. The second-order valence-corrected chi connectivity index (χ2v) is 5.81. The molecule has 4 nitrogen and oxygen atoms in total. The van der Waals surface area contributed by atoms with Crippen molar-refractivity contribution in [3.05, 3.63) is 35.9 Å². The number of likely N-dealkylation sites (N-methyl/N-ethyl adjacent to an activating group) is 1. The Morgan fingerprint density at radius 3 is 2.35 bits per heavy atom. The van der Waals surface area contributed by atoms with E-state index in [-0.39, 0.29) is 24.0 Å². The van der Waals surface area contributed by atoms with Gasteiger partial charge in [-0.1, -0.05) is 44.2 Å². The molecular weight excluding hydrogens is 252 g/mol. The number of carbonyl (C=O) groups is 2. The van der Waals surface area contributed by atoms with E-state index >= 15 is 0 Å². The van der Waals surface area contributed by atoms with Crippen LogP contribution in [0.5, 0.6) is 0 Å². The Morgan fingerprint density at radius 1 is 1.25 bits per heavy atom. The van der Waals surface area contributed by atoms with Crippen LogP contribution in [0.25, 0.3) is 0 Å². The van der Waals surface area contributed by atoms with Crippen LogP contribution in [0.3, 0.4) is 0 Å².